The molecule has 0 heterocycles. The normalized spacial score (nSPS) is 12.1. The van der Waals surface area contributed by atoms with Gasteiger partial charge in [0.15, 0.2) is 0 Å². The number of benzene rings is 2. The molecule has 0 radical (unpaired) electrons. The molecule has 1 unspecified atom stereocenters. The van der Waals surface area contributed by atoms with Crippen LogP contribution in [0.3, 0.4) is 0 Å². The molecule has 0 fully saturated rings. The van der Waals surface area contributed by atoms with Gasteiger partial charge in [0, 0.05) is 10.2 Å². The molecule has 0 aliphatic rings. The molecule has 1 atom stereocenters. The first-order chi connectivity index (χ1) is 9.68. The second-order valence-corrected chi connectivity index (χ2v) is 6.61. The van der Waals surface area contributed by atoms with Crippen LogP contribution in [0.5, 0.6) is 5.75 Å². The Bertz CT molecular complexity index is 604. The highest BCUT2D eigenvalue weighted by atomic mass is 79.9. The lowest BCUT2D eigenvalue weighted by atomic mass is 10.3. The van der Waals surface area contributed by atoms with Crippen molar-refractivity contribution in [1.82, 2.24) is 0 Å². The zero-order valence-electron chi connectivity index (χ0n) is 10.9. The first kappa shape index (κ1) is 15.1. The largest absolute Gasteiger partial charge is 0.491 e. The summed E-state index contributed by atoms with van der Waals surface area (Å²) in [6.07, 6.45) is 0.711. The van der Waals surface area contributed by atoms with Gasteiger partial charge in [-0.15, -0.1) is 0 Å². The van der Waals surface area contributed by atoms with Crippen molar-refractivity contribution < 1.29 is 8.95 Å². The Morgan fingerprint density at radius 3 is 2.55 bits per heavy atom. The number of hydrogen-bond donors (Lipinski definition) is 1. The van der Waals surface area contributed by atoms with Crippen molar-refractivity contribution in [3.8, 4) is 5.75 Å². The average molecular weight is 354 g/mol. The van der Waals surface area contributed by atoms with Gasteiger partial charge in [0.1, 0.15) is 5.75 Å². The average Bonchev–Trinajstić information content (AvgIpc) is 2.45. The van der Waals surface area contributed by atoms with Gasteiger partial charge < -0.3 is 10.5 Å². The van der Waals surface area contributed by atoms with Gasteiger partial charge >= 0.3 is 0 Å². The van der Waals surface area contributed by atoms with E-state index in [-0.39, 0.29) is 0 Å². The van der Waals surface area contributed by atoms with Crippen LogP contribution in [0.25, 0.3) is 0 Å². The molecule has 0 saturated heterocycles. The standard InChI is InChI=1S/C15H16BrNO2S/c16-12-6-1-4-9-15(12)20(18)11-5-10-19-14-8-3-2-7-13(14)17/h1-4,6-9H,5,10-11,17H2. The Labute approximate surface area is 129 Å². The fraction of sp³-hybridized carbons (Fsp3) is 0.200. The van der Waals surface area contributed by atoms with Crippen molar-refractivity contribution in [2.75, 3.05) is 18.1 Å². The summed E-state index contributed by atoms with van der Waals surface area (Å²) in [5.74, 6) is 1.24. The number of nitrogen functional groups attached to an aromatic ring is 1. The summed E-state index contributed by atoms with van der Waals surface area (Å²) in [5.41, 5.74) is 6.41. The molecular weight excluding hydrogens is 338 g/mol. The Kier molecular flexibility index (Phi) is 5.61. The molecule has 106 valence electrons. The van der Waals surface area contributed by atoms with Crippen molar-refractivity contribution in [2.45, 2.75) is 11.3 Å². The second kappa shape index (κ2) is 7.45. The SMILES string of the molecule is Nc1ccccc1OCCCS(=O)c1ccccc1Br. The zero-order valence-corrected chi connectivity index (χ0v) is 13.3. The van der Waals surface area contributed by atoms with Crippen LogP contribution in [0.4, 0.5) is 5.69 Å². The lowest BCUT2D eigenvalue weighted by molar-refractivity contribution is 0.320. The van der Waals surface area contributed by atoms with Gasteiger partial charge in [-0.25, -0.2) is 0 Å². The molecule has 0 saturated carbocycles. The maximum absolute atomic E-state index is 12.1. The van der Waals surface area contributed by atoms with Gasteiger partial charge in [0.05, 0.1) is 28.0 Å². The number of rotatable bonds is 6. The van der Waals surface area contributed by atoms with Gasteiger partial charge in [-0.1, -0.05) is 24.3 Å². The van der Waals surface area contributed by atoms with E-state index in [1.807, 2.05) is 42.5 Å². The molecule has 0 bridgehead atoms. The quantitative estimate of drug-likeness (QED) is 0.637. The third-order valence-corrected chi connectivity index (χ3v) is 5.19. The Morgan fingerprint density at radius 1 is 1.10 bits per heavy atom. The first-order valence-corrected chi connectivity index (χ1v) is 8.40. The molecule has 2 aromatic carbocycles. The minimum absolute atomic E-state index is 0.504. The van der Waals surface area contributed by atoms with Gasteiger partial charge in [-0.3, -0.25) is 4.21 Å². The molecule has 0 spiro atoms. The summed E-state index contributed by atoms with van der Waals surface area (Å²) in [4.78, 5) is 0.826. The van der Waals surface area contributed by atoms with Gasteiger partial charge in [-0.2, -0.15) is 0 Å². The lowest BCUT2D eigenvalue weighted by Crippen LogP contribution is -2.06. The summed E-state index contributed by atoms with van der Waals surface area (Å²) in [6, 6.07) is 14.9. The van der Waals surface area contributed by atoms with E-state index in [4.69, 9.17) is 10.5 Å². The van der Waals surface area contributed by atoms with E-state index in [1.54, 1.807) is 6.07 Å². The molecule has 2 N–H and O–H groups in total. The minimum atomic E-state index is -1.02. The molecule has 0 aliphatic carbocycles. The smallest absolute Gasteiger partial charge is 0.142 e. The van der Waals surface area contributed by atoms with E-state index in [0.717, 1.165) is 9.37 Å². The van der Waals surface area contributed by atoms with E-state index in [9.17, 15) is 4.21 Å². The number of anilines is 1. The summed E-state index contributed by atoms with van der Waals surface area (Å²) in [6.45, 7) is 0.504. The molecular formula is C15H16BrNO2S. The molecule has 20 heavy (non-hydrogen) atoms. The highest BCUT2D eigenvalue weighted by molar-refractivity contribution is 9.10. The lowest BCUT2D eigenvalue weighted by Gasteiger charge is -2.08. The molecule has 0 aliphatic heterocycles. The minimum Gasteiger partial charge on any atom is -0.491 e. The maximum atomic E-state index is 12.1. The summed E-state index contributed by atoms with van der Waals surface area (Å²) < 4.78 is 18.6. The molecule has 2 aromatic rings. The molecule has 5 heteroatoms. The zero-order chi connectivity index (χ0) is 14.4. The van der Waals surface area contributed by atoms with Crippen LogP contribution in [-0.2, 0) is 10.8 Å². The van der Waals surface area contributed by atoms with Crippen molar-refractivity contribution >= 4 is 32.4 Å². The summed E-state index contributed by atoms with van der Waals surface area (Å²) in [5, 5.41) is 0. The van der Waals surface area contributed by atoms with E-state index < -0.39 is 10.8 Å². The van der Waals surface area contributed by atoms with Gasteiger partial charge in [0.25, 0.3) is 0 Å². The Balaban J connectivity index is 1.81. The van der Waals surface area contributed by atoms with Gasteiger partial charge in [-0.05, 0) is 46.6 Å². The number of nitrogens with two attached hydrogens (primary N) is 1. The van der Waals surface area contributed by atoms with Crippen LogP contribution in [0.2, 0.25) is 0 Å². The predicted octanol–water partition coefficient (Wildman–Crippen LogP) is 3.61. The second-order valence-electron chi connectivity index (χ2n) is 4.22. The molecule has 2 rings (SSSR count). The number of halogens is 1. The monoisotopic (exact) mass is 353 g/mol. The van der Waals surface area contributed by atoms with Crippen LogP contribution in [0, 0.1) is 0 Å². The Morgan fingerprint density at radius 2 is 1.80 bits per heavy atom. The van der Waals surface area contributed by atoms with Crippen LogP contribution in [-0.4, -0.2) is 16.6 Å². The van der Waals surface area contributed by atoms with Crippen LogP contribution >= 0.6 is 15.9 Å². The molecule has 0 amide bonds. The van der Waals surface area contributed by atoms with Crippen molar-refractivity contribution in [3.63, 3.8) is 0 Å². The fourth-order valence-electron chi connectivity index (χ4n) is 1.72. The molecule has 3 nitrogen and oxygen atoms in total. The number of para-hydroxylation sites is 2. The Hall–Kier alpha value is -1.33. The van der Waals surface area contributed by atoms with Crippen molar-refractivity contribution in [1.29, 1.82) is 0 Å². The number of hydrogen-bond acceptors (Lipinski definition) is 3. The van der Waals surface area contributed by atoms with E-state index >= 15 is 0 Å². The summed E-state index contributed by atoms with van der Waals surface area (Å²) in [7, 11) is -1.02. The van der Waals surface area contributed by atoms with Crippen molar-refractivity contribution in [2.24, 2.45) is 0 Å². The highest BCUT2D eigenvalue weighted by Gasteiger charge is 2.07. The van der Waals surface area contributed by atoms with Crippen molar-refractivity contribution in [3.05, 3.63) is 53.0 Å². The maximum Gasteiger partial charge on any atom is 0.142 e. The van der Waals surface area contributed by atoms with Crippen LogP contribution < -0.4 is 10.5 Å². The first-order valence-electron chi connectivity index (χ1n) is 6.28. The summed E-state index contributed by atoms with van der Waals surface area (Å²) >= 11 is 3.41. The number of ether oxygens (including phenoxy) is 1. The third-order valence-electron chi connectivity index (χ3n) is 2.73. The predicted molar refractivity (Wildman–Crippen MR) is 86.4 cm³/mol. The van der Waals surface area contributed by atoms with Crippen LogP contribution in [0.1, 0.15) is 6.42 Å². The highest BCUT2D eigenvalue weighted by Crippen LogP contribution is 2.21. The van der Waals surface area contributed by atoms with E-state index in [2.05, 4.69) is 15.9 Å². The van der Waals surface area contributed by atoms with Crippen LogP contribution in [0.15, 0.2) is 57.9 Å². The van der Waals surface area contributed by atoms with E-state index in [1.165, 1.54) is 0 Å². The van der Waals surface area contributed by atoms with Gasteiger partial charge in [0.2, 0.25) is 0 Å². The van der Waals surface area contributed by atoms with E-state index in [0.29, 0.717) is 30.2 Å². The third kappa shape index (κ3) is 4.08. The molecule has 0 aromatic heterocycles. The fourth-order valence-corrected chi connectivity index (χ4v) is 3.67. The topological polar surface area (TPSA) is 52.3 Å².